The van der Waals surface area contributed by atoms with Gasteiger partial charge in [-0.3, -0.25) is 9.78 Å². The van der Waals surface area contributed by atoms with Crippen LogP contribution in [0.5, 0.6) is 0 Å². The number of H-pyrrole nitrogens is 1. The van der Waals surface area contributed by atoms with Gasteiger partial charge in [-0.25, -0.2) is 4.39 Å². The highest BCUT2D eigenvalue weighted by Gasteiger charge is 2.34. The zero-order valence-corrected chi connectivity index (χ0v) is 16.6. The maximum Gasteiger partial charge on any atom is 0.393 e. The number of rotatable bonds is 8. The molecule has 1 unspecified atom stereocenters. The third-order valence-corrected chi connectivity index (χ3v) is 4.89. The monoisotopic (exact) mass is 425 g/mol. The van der Waals surface area contributed by atoms with Crippen LogP contribution in [0.4, 0.5) is 29.3 Å². The normalized spacial score (nSPS) is 15.0. The standard InChI is InChI=1S/C20H23F4N5O/c1-29(2)19-27-17(15(14(25)10-21)18(30)28-19)26-16(13-7-8-13)12-5-3-11(4-6-12)9-20(22,23)24/h3-6,13,16,25H,7-10H2,1-2H3,(H2,26,27,28,30). The van der Waals surface area contributed by atoms with E-state index in [1.165, 1.54) is 12.1 Å². The van der Waals surface area contributed by atoms with Gasteiger partial charge in [0.2, 0.25) is 5.95 Å². The van der Waals surface area contributed by atoms with Crippen molar-refractivity contribution in [3.8, 4) is 0 Å². The summed E-state index contributed by atoms with van der Waals surface area (Å²) in [4.78, 5) is 20.9. The van der Waals surface area contributed by atoms with Gasteiger partial charge in [0.15, 0.2) is 0 Å². The fourth-order valence-corrected chi connectivity index (χ4v) is 3.25. The summed E-state index contributed by atoms with van der Waals surface area (Å²) in [5, 5.41) is 11.0. The van der Waals surface area contributed by atoms with Crippen molar-refractivity contribution in [2.75, 3.05) is 31.0 Å². The molecule has 1 aromatic carbocycles. The zero-order valence-electron chi connectivity index (χ0n) is 16.6. The summed E-state index contributed by atoms with van der Waals surface area (Å²) in [5.74, 6) is 0.532. The number of alkyl halides is 4. The molecule has 0 spiro atoms. The van der Waals surface area contributed by atoms with E-state index >= 15 is 0 Å². The van der Waals surface area contributed by atoms with Crippen LogP contribution >= 0.6 is 0 Å². The Labute approximate surface area is 170 Å². The summed E-state index contributed by atoms with van der Waals surface area (Å²) < 4.78 is 51.0. The van der Waals surface area contributed by atoms with E-state index in [0.29, 0.717) is 0 Å². The maximum absolute atomic E-state index is 13.2. The second-order valence-electron chi connectivity index (χ2n) is 7.61. The number of halogens is 4. The molecule has 0 aliphatic heterocycles. The van der Waals surface area contributed by atoms with Gasteiger partial charge < -0.3 is 15.6 Å². The molecule has 1 saturated carbocycles. The van der Waals surface area contributed by atoms with E-state index in [9.17, 15) is 22.4 Å². The van der Waals surface area contributed by atoms with Gasteiger partial charge in [-0.15, -0.1) is 0 Å². The molecule has 0 bridgehead atoms. The number of anilines is 2. The van der Waals surface area contributed by atoms with Crippen LogP contribution in [0, 0.1) is 11.3 Å². The first-order chi connectivity index (χ1) is 14.1. The maximum atomic E-state index is 13.2. The molecule has 1 aromatic heterocycles. The van der Waals surface area contributed by atoms with Crippen LogP contribution in [-0.2, 0) is 6.42 Å². The van der Waals surface area contributed by atoms with Crippen molar-refractivity contribution in [2.45, 2.75) is 31.5 Å². The minimum absolute atomic E-state index is 0.0846. The average Bonchev–Trinajstić information content (AvgIpc) is 3.49. The van der Waals surface area contributed by atoms with E-state index in [0.717, 1.165) is 18.4 Å². The molecule has 1 atom stereocenters. The van der Waals surface area contributed by atoms with Crippen LogP contribution in [0.3, 0.4) is 0 Å². The van der Waals surface area contributed by atoms with Crippen molar-refractivity contribution in [3.05, 3.63) is 51.3 Å². The molecule has 3 N–H and O–H groups in total. The summed E-state index contributed by atoms with van der Waals surface area (Å²) in [6, 6.07) is 5.79. The Hall–Kier alpha value is -2.91. The predicted octanol–water partition coefficient (Wildman–Crippen LogP) is 3.84. The third kappa shape index (κ3) is 5.17. The number of nitrogens with one attached hydrogen (secondary N) is 3. The largest absolute Gasteiger partial charge is 0.393 e. The third-order valence-electron chi connectivity index (χ3n) is 4.89. The van der Waals surface area contributed by atoms with E-state index < -0.39 is 30.5 Å². The SMILES string of the molecule is CN(C)c1nc(NC(c2ccc(CC(F)(F)F)cc2)C2CC2)c(C(=N)CF)c(=O)[nH]1. The molecule has 6 nitrogen and oxygen atoms in total. The van der Waals surface area contributed by atoms with Crippen molar-refractivity contribution in [1.29, 1.82) is 5.41 Å². The van der Waals surface area contributed by atoms with Gasteiger partial charge >= 0.3 is 6.18 Å². The predicted molar refractivity (Wildman–Crippen MR) is 107 cm³/mol. The molecule has 1 fully saturated rings. The van der Waals surface area contributed by atoms with Crippen LogP contribution < -0.4 is 15.8 Å². The lowest BCUT2D eigenvalue weighted by molar-refractivity contribution is -0.127. The Kier molecular flexibility index (Phi) is 6.14. The van der Waals surface area contributed by atoms with Gasteiger partial charge in [0, 0.05) is 14.1 Å². The van der Waals surface area contributed by atoms with Crippen molar-refractivity contribution in [1.82, 2.24) is 9.97 Å². The molecule has 1 aliphatic rings. The molecule has 162 valence electrons. The Bertz CT molecular complexity index is 965. The Morgan fingerprint density at radius 3 is 2.43 bits per heavy atom. The first kappa shape index (κ1) is 21.8. The zero-order chi connectivity index (χ0) is 22.1. The average molecular weight is 425 g/mol. The highest BCUT2D eigenvalue weighted by Crippen LogP contribution is 2.43. The van der Waals surface area contributed by atoms with Gasteiger partial charge in [-0.05, 0) is 29.9 Å². The summed E-state index contributed by atoms with van der Waals surface area (Å²) in [6.45, 7) is -1.12. The molecule has 1 aliphatic carbocycles. The molecule has 1 heterocycles. The van der Waals surface area contributed by atoms with Crippen molar-refractivity contribution >= 4 is 17.5 Å². The highest BCUT2D eigenvalue weighted by atomic mass is 19.4. The summed E-state index contributed by atoms with van der Waals surface area (Å²) >= 11 is 0. The topological polar surface area (TPSA) is 84.9 Å². The van der Waals surface area contributed by atoms with Crippen LogP contribution in [0.15, 0.2) is 29.1 Å². The molecule has 0 amide bonds. The van der Waals surface area contributed by atoms with Crippen LogP contribution in [0.2, 0.25) is 0 Å². The van der Waals surface area contributed by atoms with Crippen LogP contribution in [0.1, 0.15) is 35.6 Å². The van der Waals surface area contributed by atoms with Crippen molar-refractivity contribution < 1.29 is 17.6 Å². The minimum atomic E-state index is -4.28. The Balaban J connectivity index is 1.95. The van der Waals surface area contributed by atoms with E-state index in [2.05, 4.69) is 15.3 Å². The lowest BCUT2D eigenvalue weighted by atomic mass is 9.99. The lowest BCUT2D eigenvalue weighted by Gasteiger charge is -2.22. The fourth-order valence-electron chi connectivity index (χ4n) is 3.25. The van der Waals surface area contributed by atoms with E-state index in [1.807, 2.05) is 0 Å². The van der Waals surface area contributed by atoms with Gasteiger partial charge in [-0.1, -0.05) is 24.3 Å². The highest BCUT2D eigenvalue weighted by molar-refractivity contribution is 6.02. The summed E-state index contributed by atoms with van der Waals surface area (Å²) in [6.07, 6.45) is -3.48. The smallest absolute Gasteiger partial charge is 0.362 e. The number of benzene rings is 1. The number of aromatic amines is 1. The Morgan fingerprint density at radius 2 is 1.93 bits per heavy atom. The molecular weight excluding hydrogens is 402 g/mol. The first-order valence-corrected chi connectivity index (χ1v) is 9.46. The quantitative estimate of drug-likeness (QED) is 0.443. The molecule has 30 heavy (non-hydrogen) atoms. The molecule has 3 rings (SSSR count). The van der Waals surface area contributed by atoms with E-state index in [-0.39, 0.29) is 34.9 Å². The van der Waals surface area contributed by atoms with Gasteiger partial charge in [-0.2, -0.15) is 18.2 Å². The number of nitrogens with zero attached hydrogens (tertiary/aromatic N) is 2. The molecule has 2 aromatic rings. The number of hydrogen-bond donors (Lipinski definition) is 3. The van der Waals surface area contributed by atoms with Crippen LogP contribution in [0.25, 0.3) is 0 Å². The van der Waals surface area contributed by atoms with Gasteiger partial charge in [0.1, 0.15) is 18.1 Å². The Morgan fingerprint density at radius 1 is 1.30 bits per heavy atom. The van der Waals surface area contributed by atoms with Crippen LogP contribution in [-0.4, -0.2) is 42.6 Å². The number of aromatic nitrogens is 2. The van der Waals surface area contributed by atoms with Crippen molar-refractivity contribution in [3.63, 3.8) is 0 Å². The number of hydrogen-bond acceptors (Lipinski definition) is 5. The minimum Gasteiger partial charge on any atom is -0.362 e. The fraction of sp³-hybridized carbons (Fsp3) is 0.450. The second kappa shape index (κ2) is 8.45. The van der Waals surface area contributed by atoms with Gasteiger partial charge in [0.05, 0.1) is 18.2 Å². The summed E-state index contributed by atoms with van der Waals surface area (Å²) in [7, 11) is 3.36. The molecular formula is C20H23F4N5O. The summed E-state index contributed by atoms with van der Waals surface area (Å²) in [5.41, 5.74) is -0.400. The molecule has 0 saturated heterocycles. The molecule has 0 radical (unpaired) electrons. The van der Waals surface area contributed by atoms with Crippen molar-refractivity contribution in [2.24, 2.45) is 5.92 Å². The van der Waals surface area contributed by atoms with E-state index in [4.69, 9.17) is 5.41 Å². The van der Waals surface area contributed by atoms with E-state index in [1.54, 1.807) is 31.1 Å². The van der Waals surface area contributed by atoms with Gasteiger partial charge in [0.25, 0.3) is 5.56 Å². The first-order valence-electron chi connectivity index (χ1n) is 9.46. The lowest BCUT2D eigenvalue weighted by Crippen LogP contribution is -2.28. The second-order valence-corrected chi connectivity index (χ2v) is 7.61. The molecule has 10 heteroatoms.